The van der Waals surface area contributed by atoms with Crippen LogP contribution in [0.3, 0.4) is 0 Å². The number of anilines is 1. The number of nitrogens with zero attached hydrogens (tertiary/aromatic N) is 1. The molecule has 1 heterocycles. The SMILES string of the molecule is C=C(Nc1ncc(C(=O)OCC)s1)c1cc(Cl)cc(OCc2ccccc2)c1. The van der Waals surface area contributed by atoms with Crippen molar-refractivity contribution >= 4 is 39.7 Å². The van der Waals surface area contributed by atoms with Crippen LogP contribution >= 0.6 is 22.9 Å². The molecule has 0 aliphatic rings. The van der Waals surface area contributed by atoms with Gasteiger partial charge in [0.1, 0.15) is 17.2 Å². The van der Waals surface area contributed by atoms with Gasteiger partial charge in [-0.15, -0.1) is 0 Å². The lowest BCUT2D eigenvalue weighted by Gasteiger charge is -2.11. The maximum atomic E-state index is 11.8. The normalized spacial score (nSPS) is 10.4. The van der Waals surface area contributed by atoms with E-state index in [1.165, 1.54) is 17.5 Å². The molecule has 0 unspecified atom stereocenters. The maximum absolute atomic E-state index is 11.8. The van der Waals surface area contributed by atoms with E-state index >= 15 is 0 Å². The van der Waals surface area contributed by atoms with Crippen LogP contribution in [-0.4, -0.2) is 17.6 Å². The Labute approximate surface area is 172 Å². The Kier molecular flexibility index (Phi) is 6.68. The zero-order valence-electron chi connectivity index (χ0n) is 15.3. The third kappa shape index (κ3) is 5.34. The van der Waals surface area contributed by atoms with E-state index in [9.17, 15) is 4.79 Å². The standard InChI is InChI=1S/C21H19ClN2O3S/c1-3-26-20(25)19-12-23-21(28-19)24-14(2)16-9-17(22)11-18(10-16)27-13-15-7-5-4-6-8-15/h4-12H,2-3,13H2,1H3,(H,23,24). The number of benzene rings is 2. The molecule has 0 bridgehead atoms. The van der Waals surface area contributed by atoms with Crippen molar-refractivity contribution in [3.8, 4) is 5.75 Å². The van der Waals surface area contributed by atoms with Crippen molar-refractivity contribution in [3.05, 3.63) is 82.3 Å². The Bertz CT molecular complexity index is 973. The molecule has 0 saturated heterocycles. The third-order valence-corrected chi connectivity index (χ3v) is 4.82. The van der Waals surface area contributed by atoms with E-state index in [1.807, 2.05) is 36.4 Å². The highest BCUT2D eigenvalue weighted by atomic mass is 35.5. The van der Waals surface area contributed by atoms with Crippen molar-refractivity contribution < 1.29 is 14.3 Å². The molecule has 144 valence electrons. The molecule has 28 heavy (non-hydrogen) atoms. The van der Waals surface area contributed by atoms with Gasteiger partial charge >= 0.3 is 5.97 Å². The van der Waals surface area contributed by atoms with Crippen molar-refractivity contribution in [2.24, 2.45) is 0 Å². The summed E-state index contributed by atoms with van der Waals surface area (Å²) in [5.74, 6) is 0.249. The minimum Gasteiger partial charge on any atom is -0.489 e. The highest BCUT2D eigenvalue weighted by Gasteiger charge is 2.13. The Hall–Kier alpha value is -2.83. The van der Waals surface area contributed by atoms with Gasteiger partial charge in [0.05, 0.1) is 12.8 Å². The fourth-order valence-corrected chi connectivity index (χ4v) is 3.35. The van der Waals surface area contributed by atoms with Crippen molar-refractivity contribution in [3.63, 3.8) is 0 Å². The van der Waals surface area contributed by atoms with E-state index in [2.05, 4.69) is 16.9 Å². The summed E-state index contributed by atoms with van der Waals surface area (Å²) in [5, 5.41) is 4.17. The Morgan fingerprint density at radius 2 is 2.04 bits per heavy atom. The lowest BCUT2D eigenvalue weighted by molar-refractivity contribution is 0.0532. The largest absolute Gasteiger partial charge is 0.489 e. The fraction of sp³-hybridized carbons (Fsp3) is 0.143. The summed E-state index contributed by atoms with van der Waals surface area (Å²) in [6.45, 7) is 6.56. The first kappa shape index (κ1) is 19.9. The van der Waals surface area contributed by atoms with Gasteiger partial charge < -0.3 is 14.8 Å². The number of carbonyl (C=O) groups is 1. The molecule has 1 N–H and O–H groups in total. The van der Waals surface area contributed by atoms with Crippen LogP contribution in [0.25, 0.3) is 5.70 Å². The van der Waals surface area contributed by atoms with Crippen molar-refractivity contribution in [2.45, 2.75) is 13.5 Å². The Balaban J connectivity index is 1.68. The average molecular weight is 415 g/mol. The zero-order chi connectivity index (χ0) is 19.9. The van der Waals surface area contributed by atoms with Crippen LogP contribution in [0.5, 0.6) is 5.75 Å². The molecule has 2 aromatic carbocycles. The first-order valence-corrected chi connectivity index (χ1v) is 9.81. The molecule has 0 aliphatic heterocycles. The number of esters is 1. The summed E-state index contributed by atoms with van der Waals surface area (Å²) >= 11 is 7.43. The average Bonchev–Trinajstić information content (AvgIpc) is 3.15. The summed E-state index contributed by atoms with van der Waals surface area (Å²) in [4.78, 5) is 16.4. The van der Waals surface area contributed by atoms with Gasteiger partial charge in [-0.3, -0.25) is 0 Å². The topological polar surface area (TPSA) is 60.5 Å². The number of thiazole rings is 1. The molecule has 1 aromatic heterocycles. The van der Waals surface area contributed by atoms with Gasteiger partial charge in [-0.1, -0.05) is 59.8 Å². The van der Waals surface area contributed by atoms with Crippen LogP contribution in [0, 0.1) is 0 Å². The number of hydrogen-bond donors (Lipinski definition) is 1. The second-order valence-electron chi connectivity index (χ2n) is 5.80. The van der Waals surface area contributed by atoms with Gasteiger partial charge in [0.25, 0.3) is 0 Å². The van der Waals surface area contributed by atoms with Crippen molar-refractivity contribution in [1.82, 2.24) is 4.98 Å². The highest BCUT2D eigenvalue weighted by molar-refractivity contribution is 7.17. The summed E-state index contributed by atoms with van der Waals surface area (Å²) in [5.41, 5.74) is 2.43. The molecule has 5 nitrogen and oxygen atoms in total. The number of rotatable bonds is 8. The summed E-state index contributed by atoms with van der Waals surface area (Å²) in [7, 11) is 0. The minimum atomic E-state index is -0.391. The molecule has 7 heteroatoms. The van der Waals surface area contributed by atoms with Crippen LogP contribution in [-0.2, 0) is 11.3 Å². The fourth-order valence-electron chi connectivity index (χ4n) is 2.39. The predicted molar refractivity (Wildman–Crippen MR) is 113 cm³/mol. The summed E-state index contributed by atoms with van der Waals surface area (Å²) < 4.78 is 10.8. The number of aromatic nitrogens is 1. The third-order valence-electron chi connectivity index (χ3n) is 3.71. The van der Waals surface area contributed by atoms with Gasteiger partial charge in [-0.25, -0.2) is 9.78 Å². The molecule has 3 aromatic rings. The second-order valence-corrected chi connectivity index (χ2v) is 7.27. The molecule has 0 atom stereocenters. The quantitative estimate of drug-likeness (QED) is 0.483. The number of ether oxygens (including phenoxy) is 2. The molecule has 0 spiro atoms. The van der Waals surface area contributed by atoms with Crippen molar-refractivity contribution in [2.75, 3.05) is 11.9 Å². The first-order chi connectivity index (χ1) is 13.5. The summed E-state index contributed by atoms with van der Waals surface area (Å²) in [6, 6.07) is 15.3. The first-order valence-electron chi connectivity index (χ1n) is 8.61. The number of hydrogen-bond acceptors (Lipinski definition) is 6. The predicted octanol–water partition coefficient (Wildman–Crippen LogP) is 5.64. The molecule has 0 saturated carbocycles. The van der Waals surface area contributed by atoms with Crippen LogP contribution < -0.4 is 10.1 Å². The lowest BCUT2D eigenvalue weighted by atomic mass is 10.1. The summed E-state index contributed by atoms with van der Waals surface area (Å²) in [6.07, 6.45) is 1.48. The second kappa shape index (κ2) is 9.39. The van der Waals surface area contributed by atoms with Gasteiger partial charge in [0, 0.05) is 16.3 Å². The van der Waals surface area contributed by atoms with Crippen LogP contribution in [0.15, 0.2) is 61.3 Å². The Morgan fingerprint density at radius 1 is 1.25 bits per heavy atom. The maximum Gasteiger partial charge on any atom is 0.350 e. The van der Waals surface area contributed by atoms with E-state index in [0.717, 1.165) is 11.1 Å². The monoisotopic (exact) mass is 414 g/mol. The van der Waals surface area contributed by atoms with Crippen LogP contribution in [0.4, 0.5) is 5.13 Å². The van der Waals surface area contributed by atoms with Gasteiger partial charge in [-0.05, 0) is 30.7 Å². The molecule has 0 radical (unpaired) electrons. The lowest BCUT2D eigenvalue weighted by Crippen LogP contribution is -2.01. The van der Waals surface area contributed by atoms with Gasteiger partial charge in [0.2, 0.25) is 0 Å². The molecular weight excluding hydrogens is 396 g/mol. The van der Waals surface area contributed by atoms with Crippen LogP contribution in [0.2, 0.25) is 5.02 Å². The van der Waals surface area contributed by atoms with E-state index in [0.29, 0.717) is 39.7 Å². The highest BCUT2D eigenvalue weighted by Crippen LogP contribution is 2.28. The molecular formula is C21H19ClN2O3S. The number of nitrogens with one attached hydrogen (secondary N) is 1. The minimum absolute atomic E-state index is 0.320. The smallest absolute Gasteiger partial charge is 0.350 e. The van der Waals surface area contributed by atoms with Gasteiger partial charge in [0.15, 0.2) is 5.13 Å². The van der Waals surface area contributed by atoms with E-state index < -0.39 is 5.97 Å². The van der Waals surface area contributed by atoms with Crippen LogP contribution in [0.1, 0.15) is 27.7 Å². The molecule has 0 aliphatic carbocycles. The molecule has 0 fully saturated rings. The van der Waals surface area contributed by atoms with E-state index in [1.54, 1.807) is 19.1 Å². The molecule has 0 amide bonds. The molecule has 3 rings (SSSR count). The zero-order valence-corrected chi connectivity index (χ0v) is 16.8. The number of halogens is 1. The van der Waals surface area contributed by atoms with E-state index in [-0.39, 0.29) is 0 Å². The Morgan fingerprint density at radius 3 is 2.79 bits per heavy atom. The number of carbonyl (C=O) groups excluding carboxylic acids is 1. The van der Waals surface area contributed by atoms with Gasteiger partial charge in [-0.2, -0.15) is 0 Å². The van der Waals surface area contributed by atoms with E-state index in [4.69, 9.17) is 21.1 Å². The van der Waals surface area contributed by atoms with Crippen molar-refractivity contribution in [1.29, 1.82) is 0 Å².